The number of aliphatic hydroxyl groups is 1. The van der Waals surface area contributed by atoms with E-state index in [0.29, 0.717) is 23.8 Å². The molecular weight excluding hydrogens is 516 g/mol. The van der Waals surface area contributed by atoms with Gasteiger partial charge in [0.25, 0.3) is 0 Å². The Kier molecular flexibility index (Phi) is 8.53. The number of fused-ring (bicyclic) bond motifs is 1. The highest BCUT2D eigenvalue weighted by Gasteiger charge is 2.15. The molecule has 34 heavy (non-hydrogen) atoms. The largest absolute Gasteiger partial charge is 0.369 e. The third kappa shape index (κ3) is 5.95. The number of hydrogen-bond donors (Lipinski definition) is 4. The lowest BCUT2D eigenvalue weighted by molar-refractivity contribution is 0.0876. The molecule has 2 heterocycles. The summed E-state index contributed by atoms with van der Waals surface area (Å²) in [6, 6.07) is 19.8. The number of nitrogens with one attached hydrogen (secondary N) is 3. The van der Waals surface area contributed by atoms with Crippen molar-refractivity contribution >= 4 is 39.0 Å². The van der Waals surface area contributed by atoms with Gasteiger partial charge in [-0.2, -0.15) is 9.61 Å². The summed E-state index contributed by atoms with van der Waals surface area (Å²) >= 11 is 9.93. The molecule has 0 spiro atoms. The average molecular weight is 544 g/mol. The van der Waals surface area contributed by atoms with Gasteiger partial charge in [-0.1, -0.05) is 73.5 Å². The standard InChI is InChI=1S/C25H28BrClN6O/c1-2-8-21(17-9-4-3-5-10-17)32-25(34)29-14-13-28-23-15-22(18-11-6-7-12-20(18)27)31-24-19(26)16-30-33(23)24/h3-7,9-12,15-16,21,25,28-29,32,34H,2,8,13-14H2,1H3/t21-,25?/m1/s1. The van der Waals surface area contributed by atoms with E-state index in [-0.39, 0.29) is 6.04 Å². The van der Waals surface area contributed by atoms with Crippen molar-refractivity contribution in [3.8, 4) is 11.3 Å². The summed E-state index contributed by atoms with van der Waals surface area (Å²) in [5.41, 5.74) is 3.46. The van der Waals surface area contributed by atoms with Crippen LogP contribution in [0.4, 0.5) is 5.82 Å². The highest BCUT2D eigenvalue weighted by molar-refractivity contribution is 9.10. The van der Waals surface area contributed by atoms with Crippen molar-refractivity contribution in [3.05, 3.63) is 81.9 Å². The molecule has 2 aromatic carbocycles. The molecule has 0 aliphatic carbocycles. The van der Waals surface area contributed by atoms with Crippen LogP contribution < -0.4 is 16.0 Å². The van der Waals surface area contributed by atoms with Gasteiger partial charge in [-0.05, 0) is 34.0 Å². The van der Waals surface area contributed by atoms with E-state index in [0.717, 1.165) is 34.4 Å². The Morgan fingerprint density at radius 1 is 1.09 bits per heavy atom. The molecule has 4 rings (SSSR count). The predicted molar refractivity (Wildman–Crippen MR) is 141 cm³/mol. The molecule has 0 aliphatic rings. The fourth-order valence-corrected chi connectivity index (χ4v) is 4.42. The van der Waals surface area contributed by atoms with E-state index in [9.17, 15) is 5.11 Å². The minimum atomic E-state index is -0.825. The second-order valence-corrected chi connectivity index (χ2v) is 9.20. The second-order valence-electron chi connectivity index (χ2n) is 7.94. The van der Waals surface area contributed by atoms with Crippen LogP contribution in [0.15, 0.2) is 71.3 Å². The van der Waals surface area contributed by atoms with Crippen LogP contribution in [-0.4, -0.2) is 39.1 Å². The Bertz CT molecular complexity index is 1220. The van der Waals surface area contributed by atoms with Gasteiger partial charge < -0.3 is 10.4 Å². The first-order chi connectivity index (χ1) is 16.6. The smallest absolute Gasteiger partial charge is 0.172 e. The van der Waals surface area contributed by atoms with Crippen LogP contribution >= 0.6 is 27.5 Å². The van der Waals surface area contributed by atoms with Crippen molar-refractivity contribution in [1.82, 2.24) is 25.2 Å². The third-order valence-electron chi connectivity index (χ3n) is 5.49. The van der Waals surface area contributed by atoms with E-state index in [1.807, 2.05) is 48.5 Å². The number of anilines is 1. The number of nitrogens with zero attached hydrogens (tertiary/aromatic N) is 3. The van der Waals surface area contributed by atoms with Crippen molar-refractivity contribution in [2.75, 3.05) is 18.4 Å². The van der Waals surface area contributed by atoms with Crippen LogP contribution in [0.5, 0.6) is 0 Å². The number of halogens is 2. The molecule has 0 bridgehead atoms. The highest BCUT2D eigenvalue weighted by atomic mass is 79.9. The molecule has 1 unspecified atom stereocenters. The lowest BCUT2D eigenvalue weighted by atomic mass is 10.0. The lowest BCUT2D eigenvalue weighted by Gasteiger charge is -2.23. The molecule has 0 fully saturated rings. The summed E-state index contributed by atoms with van der Waals surface area (Å²) in [6.07, 6.45) is 2.85. The van der Waals surface area contributed by atoms with Crippen LogP contribution in [0.1, 0.15) is 31.4 Å². The Morgan fingerprint density at radius 2 is 1.85 bits per heavy atom. The van der Waals surface area contributed by atoms with Gasteiger partial charge in [-0.25, -0.2) is 4.98 Å². The predicted octanol–water partition coefficient (Wildman–Crippen LogP) is 5.22. The normalized spacial score (nSPS) is 13.2. The maximum absolute atomic E-state index is 10.5. The van der Waals surface area contributed by atoms with Crippen molar-refractivity contribution in [1.29, 1.82) is 0 Å². The molecule has 2 aromatic heterocycles. The summed E-state index contributed by atoms with van der Waals surface area (Å²) in [5.74, 6) is 0.781. The monoisotopic (exact) mass is 542 g/mol. The van der Waals surface area contributed by atoms with Gasteiger partial charge in [-0.3, -0.25) is 10.6 Å². The van der Waals surface area contributed by atoms with Crippen LogP contribution in [0, 0.1) is 0 Å². The van der Waals surface area contributed by atoms with Crippen LogP contribution in [0.2, 0.25) is 5.02 Å². The Balaban J connectivity index is 1.40. The maximum Gasteiger partial charge on any atom is 0.172 e. The van der Waals surface area contributed by atoms with E-state index in [1.54, 1.807) is 10.7 Å². The molecule has 4 N–H and O–H groups in total. The zero-order valence-corrected chi connectivity index (χ0v) is 21.2. The number of benzene rings is 2. The van der Waals surface area contributed by atoms with Gasteiger partial charge in [0, 0.05) is 35.8 Å². The van der Waals surface area contributed by atoms with Gasteiger partial charge in [0.1, 0.15) is 5.82 Å². The van der Waals surface area contributed by atoms with Gasteiger partial charge in [-0.15, -0.1) is 0 Å². The average Bonchev–Trinajstić information content (AvgIpc) is 3.23. The molecule has 0 aliphatic heterocycles. The fraction of sp³-hybridized carbons (Fsp3) is 0.280. The van der Waals surface area contributed by atoms with Gasteiger partial charge in [0.15, 0.2) is 12.0 Å². The third-order valence-corrected chi connectivity index (χ3v) is 6.37. The molecule has 0 saturated carbocycles. The van der Waals surface area contributed by atoms with Crippen LogP contribution in [0.3, 0.4) is 0 Å². The number of aromatic nitrogens is 3. The molecule has 9 heteroatoms. The van der Waals surface area contributed by atoms with E-state index in [1.165, 1.54) is 5.56 Å². The number of hydrogen-bond acceptors (Lipinski definition) is 6. The Labute approximate surface area is 212 Å². The zero-order chi connectivity index (χ0) is 23.9. The zero-order valence-electron chi connectivity index (χ0n) is 18.9. The lowest BCUT2D eigenvalue weighted by Crippen LogP contribution is -2.45. The van der Waals surface area contributed by atoms with E-state index >= 15 is 0 Å². The van der Waals surface area contributed by atoms with Crippen LogP contribution in [-0.2, 0) is 0 Å². The molecule has 178 valence electrons. The summed E-state index contributed by atoms with van der Waals surface area (Å²) < 4.78 is 2.54. The quantitative estimate of drug-likeness (QED) is 0.153. The first kappa shape index (κ1) is 24.6. The van der Waals surface area contributed by atoms with Crippen LogP contribution in [0.25, 0.3) is 16.9 Å². The topological polar surface area (TPSA) is 86.5 Å². The van der Waals surface area contributed by atoms with Gasteiger partial charge >= 0.3 is 0 Å². The molecule has 4 aromatic rings. The minimum absolute atomic E-state index is 0.0843. The number of aliphatic hydroxyl groups excluding tert-OH is 1. The molecular formula is C25H28BrClN6O. The van der Waals surface area contributed by atoms with Gasteiger partial charge in [0.2, 0.25) is 0 Å². The molecule has 7 nitrogen and oxygen atoms in total. The SMILES string of the molecule is CCC[C@@H](NC(O)NCCNc1cc(-c2ccccc2Cl)nc2c(Br)cnn12)c1ccccc1. The maximum atomic E-state index is 10.5. The van der Waals surface area contributed by atoms with E-state index in [4.69, 9.17) is 16.6 Å². The molecule has 0 radical (unpaired) electrons. The minimum Gasteiger partial charge on any atom is -0.369 e. The fourth-order valence-electron chi connectivity index (χ4n) is 3.84. The molecule has 0 amide bonds. The van der Waals surface area contributed by atoms with E-state index < -0.39 is 6.35 Å². The van der Waals surface area contributed by atoms with E-state index in [2.05, 4.69) is 56.0 Å². The summed E-state index contributed by atoms with van der Waals surface area (Å²) in [5, 5.41) is 25.3. The Morgan fingerprint density at radius 3 is 2.62 bits per heavy atom. The van der Waals surface area contributed by atoms with Crippen molar-refractivity contribution < 1.29 is 5.11 Å². The van der Waals surface area contributed by atoms with Crippen molar-refractivity contribution in [3.63, 3.8) is 0 Å². The van der Waals surface area contributed by atoms with Crippen molar-refractivity contribution in [2.24, 2.45) is 0 Å². The van der Waals surface area contributed by atoms with Crippen molar-refractivity contribution in [2.45, 2.75) is 32.2 Å². The summed E-state index contributed by atoms with van der Waals surface area (Å²) in [6.45, 7) is 3.25. The summed E-state index contributed by atoms with van der Waals surface area (Å²) in [7, 11) is 0. The summed E-state index contributed by atoms with van der Waals surface area (Å²) in [4.78, 5) is 4.73. The first-order valence-electron chi connectivity index (χ1n) is 11.3. The first-order valence-corrected chi connectivity index (χ1v) is 12.5. The molecule has 2 atom stereocenters. The highest BCUT2D eigenvalue weighted by Crippen LogP contribution is 2.30. The number of rotatable bonds is 11. The molecule has 0 saturated heterocycles. The van der Waals surface area contributed by atoms with Gasteiger partial charge in [0.05, 0.1) is 16.4 Å². The second kappa shape index (κ2) is 11.8. The Hall–Kier alpha value is -2.49.